The van der Waals surface area contributed by atoms with Crippen molar-refractivity contribution in [2.24, 2.45) is 0 Å². The van der Waals surface area contributed by atoms with E-state index in [2.05, 4.69) is 14.7 Å². The van der Waals surface area contributed by atoms with Gasteiger partial charge in [-0.2, -0.15) is 13.2 Å². The average molecular weight is 482 g/mol. The second-order valence-electron chi connectivity index (χ2n) is 7.99. The zero-order chi connectivity index (χ0) is 23.8. The van der Waals surface area contributed by atoms with Crippen molar-refractivity contribution in [3.05, 3.63) is 74.4 Å². The van der Waals surface area contributed by atoms with Gasteiger partial charge in [0.1, 0.15) is 0 Å². The highest BCUT2D eigenvalue weighted by atomic mass is 32.2. The van der Waals surface area contributed by atoms with Gasteiger partial charge in [-0.3, -0.25) is 14.7 Å². The lowest BCUT2D eigenvalue weighted by atomic mass is 10.0. The van der Waals surface area contributed by atoms with Crippen molar-refractivity contribution in [2.45, 2.75) is 36.5 Å². The number of hydrogen-bond acceptors (Lipinski definition) is 5. The van der Waals surface area contributed by atoms with Crippen LogP contribution in [0.25, 0.3) is 10.9 Å². The summed E-state index contributed by atoms with van der Waals surface area (Å²) in [5, 5.41) is 0.0494. The minimum Gasteiger partial charge on any atom is -0.307 e. The lowest BCUT2D eigenvalue weighted by molar-refractivity contribution is -0.137. The molecule has 3 N–H and O–H groups in total. The third kappa shape index (κ3) is 5.34. The number of likely N-dealkylation sites (tertiary alicyclic amines) is 1. The highest BCUT2D eigenvalue weighted by molar-refractivity contribution is 7.89. The number of aromatic amines is 2. The maximum atomic E-state index is 12.9. The third-order valence-corrected chi connectivity index (χ3v) is 7.11. The first kappa shape index (κ1) is 23.2. The van der Waals surface area contributed by atoms with Gasteiger partial charge in [-0.25, -0.2) is 17.9 Å². The smallest absolute Gasteiger partial charge is 0.307 e. The number of alkyl halides is 3. The summed E-state index contributed by atoms with van der Waals surface area (Å²) in [6.07, 6.45) is -3.43. The van der Waals surface area contributed by atoms with Crippen LogP contribution in [0.2, 0.25) is 0 Å². The van der Waals surface area contributed by atoms with E-state index in [0.29, 0.717) is 38.0 Å². The summed E-state index contributed by atoms with van der Waals surface area (Å²) in [7, 11) is -3.91. The normalized spacial score (nSPS) is 16.3. The van der Waals surface area contributed by atoms with E-state index >= 15 is 0 Å². The molecule has 1 fully saturated rings. The summed E-state index contributed by atoms with van der Waals surface area (Å²) in [6, 6.07) is 8.70. The molecular formula is C21H21F3N4O4S. The van der Waals surface area contributed by atoms with E-state index in [9.17, 15) is 31.2 Å². The van der Waals surface area contributed by atoms with Crippen molar-refractivity contribution in [3.63, 3.8) is 0 Å². The number of nitrogens with one attached hydrogen (secondary N) is 3. The Bertz CT molecular complexity index is 1390. The van der Waals surface area contributed by atoms with Gasteiger partial charge in [0.05, 0.1) is 21.4 Å². The molecule has 1 saturated heterocycles. The molecule has 0 unspecified atom stereocenters. The molecule has 8 nitrogen and oxygen atoms in total. The van der Waals surface area contributed by atoms with Crippen molar-refractivity contribution in [1.82, 2.24) is 19.6 Å². The van der Waals surface area contributed by atoms with Gasteiger partial charge in [0.2, 0.25) is 10.0 Å². The number of benzene rings is 2. The zero-order valence-corrected chi connectivity index (χ0v) is 18.1. The third-order valence-electron chi connectivity index (χ3n) is 5.59. The van der Waals surface area contributed by atoms with Crippen molar-refractivity contribution >= 4 is 20.9 Å². The maximum absolute atomic E-state index is 12.9. The summed E-state index contributed by atoms with van der Waals surface area (Å²) in [5.74, 6) is 0. The molecule has 0 amide bonds. The molecule has 0 radical (unpaired) electrons. The van der Waals surface area contributed by atoms with Crippen LogP contribution >= 0.6 is 0 Å². The van der Waals surface area contributed by atoms with Crippen LogP contribution < -0.4 is 16.0 Å². The van der Waals surface area contributed by atoms with Gasteiger partial charge in [-0.05, 0) is 42.7 Å². The van der Waals surface area contributed by atoms with Crippen LogP contribution in [0.4, 0.5) is 13.2 Å². The molecule has 1 aromatic heterocycles. The van der Waals surface area contributed by atoms with Crippen LogP contribution in [0.15, 0.2) is 56.9 Å². The number of rotatable bonds is 5. The second-order valence-corrected chi connectivity index (χ2v) is 9.70. The van der Waals surface area contributed by atoms with Crippen molar-refractivity contribution in [1.29, 1.82) is 0 Å². The number of halogens is 3. The molecule has 33 heavy (non-hydrogen) atoms. The van der Waals surface area contributed by atoms with E-state index < -0.39 is 33.0 Å². The number of piperidine rings is 1. The Morgan fingerprint density at radius 2 is 1.76 bits per heavy atom. The van der Waals surface area contributed by atoms with Gasteiger partial charge in [0.25, 0.3) is 5.56 Å². The van der Waals surface area contributed by atoms with Gasteiger partial charge in [0, 0.05) is 25.7 Å². The van der Waals surface area contributed by atoms with E-state index in [-0.39, 0.29) is 21.8 Å². The molecule has 4 rings (SSSR count). The molecule has 1 aliphatic rings. The number of hydrogen-bond donors (Lipinski definition) is 3. The van der Waals surface area contributed by atoms with Crippen LogP contribution in [-0.2, 0) is 22.7 Å². The molecule has 1 aliphatic heterocycles. The van der Waals surface area contributed by atoms with E-state index in [4.69, 9.17) is 0 Å². The van der Waals surface area contributed by atoms with Crippen LogP contribution in [0.3, 0.4) is 0 Å². The summed E-state index contributed by atoms with van der Waals surface area (Å²) in [4.78, 5) is 29.7. The molecule has 0 atom stereocenters. The summed E-state index contributed by atoms with van der Waals surface area (Å²) in [6.45, 7) is 1.37. The Kier molecular flexibility index (Phi) is 6.16. The summed E-state index contributed by atoms with van der Waals surface area (Å²) < 4.78 is 67.0. The van der Waals surface area contributed by atoms with Gasteiger partial charge < -0.3 is 4.98 Å². The Morgan fingerprint density at radius 3 is 2.45 bits per heavy atom. The van der Waals surface area contributed by atoms with Crippen molar-refractivity contribution in [3.8, 4) is 0 Å². The van der Waals surface area contributed by atoms with Crippen molar-refractivity contribution < 1.29 is 21.6 Å². The number of aromatic nitrogens is 2. The summed E-state index contributed by atoms with van der Waals surface area (Å²) >= 11 is 0. The molecule has 0 spiro atoms. The Hall–Kier alpha value is -2.96. The van der Waals surface area contributed by atoms with E-state index in [0.717, 1.165) is 12.1 Å². The molecule has 3 aromatic rings. The first-order chi connectivity index (χ1) is 15.5. The molecular weight excluding hydrogens is 461 g/mol. The Labute approximate surface area is 186 Å². The van der Waals surface area contributed by atoms with Gasteiger partial charge >= 0.3 is 11.9 Å². The van der Waals surface area contributed by atoms with Crippen LogP contribution in [0.1, 0.15) is 24.0 Å². The quantitative estimate of drug-likeness (QED) is 0.516. The topological polar surface area (TPSA) is 115 Å². The van der Waals surface area contributed by atoms with Gasteiger partial charge in [0.15, 0.2) is 0 Å². The minimum absolute atomic E-state index is 0.0494. The standard InChI is InChI=1S/C21H21F3N4O4S/c22-21(23,24)14-3-1-2-13(10-14)12-28-8-6-15(7-9-28)27-33(31,32)16-4-5-18-17(11-16)19(29)26-20(30)25-18/h1-5,10-11,15,27H,6-9,12H2,(H2,25,26,29,30). The Morgan fingerprint density at radius 1 is 1.03 bits per heavy atom. The molecule has 0 bridgehead atoms. The number of fused-ring (bicyclic) bond motifs is 1. The lowest BCUT2D eigenvalue weighted by Crippen LogP contribution is -2.44. The van der Waals surface area contributed by atoms with Crippen LogP contribution in [0, 0.1) is 0 Å². The fourth-order valence-electron chi connectivity index (χ4n) is 3.91. The molecule has 0 aliphatic carbocycles. The Balaban J connectivity index is 1.40. The van der Waals surface area contributed by atoms with Gasteiger partial charge in [-0.15, -0.1) is 0 Å². The van der Waals surface area contributed by atoms with E-state index in [1.165, 1.54) is 24.3 Å². The lowest BCUT2D eigenvalue weighted by Gasteiger charge is -2.32. The monoisotopic (exact) mass is 482 g/mol. The van der Waals surface area contributed by atoms with E-state index in [1.54, 1.807) is 6.07 Å². The first-order valence-corrected chi connectivity index (χ1v) is 11.7. The maximum Gasteiger partial charge on any atom is 0.416 e. The minimum atomic E-state index is -4.40. The fourth-order valence-corrected chi connectivity index (χ4v) is 5.24. The second kappa shape index (κ2) is 8.76. The molecule has 2 heterocycles. The largest absolute Gasteiger partial charge is 0.416 e. The molecule has 12 heteroatoms. The van der Waals surface area contributed by atoms with Crippen molar-refractivity contribution in [2.75, 3.05) is 13.1 Å². The van der Waals surface area contributed by atoms with Crippen LogP contribution in [0.5, 0.6) is 0 Å². The number of sulfonamides is 1. The average Bonchev–Trinajstić information content (AvgIpc) is 2.74. The van der Waals surface area contributed by atoms with Gasteiger partial charge in [-0.1, -0.05) is 18.2 Å². The molecule has 0 saturated carbocycles. The predicted molar refractivity (Wildman–Crippen MR) is 115 cm³/mol. The molecule has 176 valence electrons. The zero-order valence-electron chi connectivity index (χ0n) is 17.3. The fraction of sp³-hybridized carbons (Fsp3) is 0.333. The molecule has 2 aromatic carbocycles. The van der Waals surface area contributed by atoms with E-state index in [1.807, 2.05) is 4.90 Å². The number of nitrogens with zero attached hydrogens (tertiary/aromatic N) is 1. The highest BCUT2D eigenvalue weighted by Gasteiger charge is 2.31. The highest BCUT2D eigenvalue weighted by Crippen LogP contribution is 2.30. The first-order valence-electron chi connectivity index (χ1n) is 10.2. The number of H-pyrrole nitrogens is 2. The summed E-state index contributed by atoms with van der Waals surface area (Å²) in [5.41, 5.74) is -1.29. The predicted octanol–water partition coefficient (Wildman–Crippen LogP) is 2.18. The van der Waals surface area contributed by atoms with Crippen LogP contribution in [-0.4, -0.2) is 42.4 Å². The SMILES string of the molecule is O=c1[nH]c(=O)c2cc(S(=O)(=O)NC3CCN(Cc4cccc(C(F)(F)F)c4)CC3)ccc2[nH]1.